The van der Waals surface area contributed by atoms with E-state index in [0.717, 1.165) is 64.0 Å². The number of carbonyl (C=O) groups is 2. The summed E-state index contributed by atoms with van der Waals surface area (Å²) < 4.78 is 0. The summed E-state index contributed by atoms with van der Waals surface area (Å²) in [5.41, 5.74) is 1.27. The quantitative estimate of drug-likeness (QED) is 0.844. The molecule has 3 aliphatic heterocycles. The minimum Gasteiger partial charge on any atom is -0.508 e. The Morgan fingerprint density at radius 3 is 2.52 bits per heavy atom. The van der Waals surface area contributed by atoms with Crippen LogP contribution < -0.4 is 0 Å². The second kappa shape index (κ2) is 8.34. The Morgan fingerprint density at radius 1 is 1.14 bits per heavy atom. The van der Waals surface area contributed by atoms with Gasteiger partial charge in [0.1, 0.15) is 5.75 Å². The van der Waals surface area contributed by atoms with E-state index in [1.807, 2.05) is 17.0 Å². The number of amides is 2. The zero-order valence-corrected chi connectivity index (χ0v) is 17.5. The number of phenolic OH excluding ortho intramolecular Hbond substituents is 1. The van der Waals surface area contributed by atoms with E-state index in [1.54, 1.807) is 12.1 Å². The van der Waals surface area contributed by atoms with Gasteiger partial charge in [0.25, 0.3) is 0 Å². The van der Waals surface area contributed by atoms with Crippen LogP contribution in [0.4, 0.5) is 0 Å². The first-order valence-electron chi connectivity index (χ1n) is 11.0. The number of aryl methyl sites for hydroxylation is 1. The average Bonchev–Trinajstić information content (AvgIpc) is 3.16. The summed E-state index contributed by atoms with van der Waals surface area (Å²) in [6, 6.07) is 7.46. The van der Waals surface area contributed by atoms with Crippen LogP contribution >= 0.6 is 0 Å². The molecular formula is C23H33N3O3. The molecule has 6 nitrogen and oxygen atoms in total. The van der Waals surface area contributed by atoms with Gasteiger partial charge in [-0.25, -0.2) is 0 Å². The van der Waals surface area contributed by atoms with E-state index in [2.05, 4.69) is 16.8 Å². The fraction of sp³-hybridized carbons (Fsp3) is 0.652. The molecule has 1 aromatic rings. The molecule has 0 saturated carbocycles. The standard InChI is InChI=1S/C23H33N3O3/c1-24-13-9-19(16-24)26-17-23(10-8-22(26)29)11-14-25(15-12-23)21(28)7-4-18-2-5-20(27)6-3-18/h2-3,5-6,19,27H,4,7-17H2,1H3/t19-/m0/s1. The molecule has 0 radical (unpaired) electrons. The van der Waals surface area contributed by atoms with Crippen LogP contribution in [-0.4, -0.2) is 77.4 Å². The molecule has 1 N–H and O–H groups in total. The third kappa shape index (κ3) is 4.58. The van der Waals surface area contributed by atoms with Crippen LogP contribution in [0.3, 0.4) is 0 Å². The highest BCUT2D eigenvalue weighted by Gasteiger charge is 2.44. The Balaban J connectivity index is 1.29. The van der Waals surface area contributed by atoms with Gasteiger partial charge >= 0.3 is 0 Å². The topological polar surface area (TPSA) is 64.1 Å². The highest BCUT2D eigenvalue weighted by atomic mass is 16.3. The molecule has 3 fully saturated rings. The summed E-state index contributed by atoms with van der Waals surface area (Å²) in [7, 11) is 2.13. The number of nitrogens with zero attached hydrogens (tertiary/aromatic N) is 3. The van der Waals surface area contributed by atoms with Crippen LogP contribution in [0.1, 0.15) is 44.1 Å². The van der Waals surface area contributed by atoms with Crippen molar-refractivity contribution >= 4 is 11.8 Å². The maximum Gasteiger partial charge on any atom is 0.222 e. The number of likely N-dealkylation sites (tertiary alicyclic amines) is 3. The largest absolute Gasteiger partial charge is 0.508 e. The summed E-state index contributed by atoms with van der Waals surface area (Å²) in [4.78, 5) is 31.7. The summed E-state index contributed by atoms with van der Waals surface area (Å²) >= 11 is 0. The molecule has 1 atom stereocenters. The smallest absolute Gasteiger partial charge is 0.222 e. The third-order valence-corrected chi connectivity index (χ3v) is 7.24. The van der Waals surface area contributed by atoms with Crippen LogP contribution in [0.2, 0.25) is 0 Å². The highest BCUT2D eigenvalue weighted by Crippen LogP contribution is 2.41. The Hall–Kier alpha value is -2.08. The van der Waals surface area contributed by atoms with E-state index in [9.17, 15) is 14.7 Å². The number of phenols is 1. The number of benzene rings is 1. The lowest BCUT2D eigenvalue weighted by Gasteiger charge is -2.49. The minimum atomic E-state index is 0.197. The molecule has 0 unspecified atom stereocenters. The molecule has 0 aliphatic carbocycles. The van der Waals surface area contributed by atoms with Crippen LogP contribution in [0.25, 0.3) is 0 Å². The van der Waals surface area contributed by atoms with Gasteiger partial charge < -0.3 is 19.8 Å². The normalized spacial score (nSPS) is 25.0. The van der Waals surface area contributed by atoms with Gasteiger partial charge in [-0.15, -0.1) is 0 Å². The molecule has 2 amide bonds. The number of aromatic hydroxyl groups is 1. The van der Waals surface area contributed by atoms with E-state index in [-0.39, 0.29) is 17.1 Å². The molecule has 158 valence electrons. The monoisotopic (exact) mass is 399 g/mol. The summed E-state index contributed by atoms with van der Waals surface area (Å²) in [6.07, 6.45) is 5.94. The predicted molar refractivity (Wildman–Crippen MR) is 112 cm³/mol. The van der Waals surface area contributed by atoms with Gasteiger partial charge in [-0.1, -0.05) is 12.1 Å². The first-order valence-corrected chi connectivity index (χ1v) is 11.0. The van der Waals surface area contributed by atoms with Gasteiger partial charge in [-0.3, -0.25) is 9.59 Å². The minimum absolute atomic E-state index is 0.197. The maximum absolute atomic E-state index is 12.7. The highest BCUT2D eigenvalue weighted by molar-refractivity contribution is 5.78. The van der Waals surface area contributed by atoms with Crippen molar-refractivity contribution in [3.63, 3.8) is 0 Å². The first-order chi connectivity index (χ1) is 13.9. The fourth-order valence-corrected chi connectivity index (χ4v) is 5.25. The fourth-order valence-electron chi connectivity index (χ4n) is 5.25. The van der Waals surface area contributed by atoms with Gasteiger partial charge in [0, 0.05) is 45.1 Å². The van der Waals surface area contributed by atoms with Crippen LogP contribution in [-0.2, 0) is 16.0 Å². The van der Waals surface area contributed by atoms with E-state index in [1.165, 1.54) is 0 Å². The molecule has 1 spiro atoms. The van der Waals surface area contributed by atoms with Gasteiger partial charge in [0.2, 0.25) is 11.8 Å². The molecule has 4 rings (SSSR count). The van der Waals surface area contributed by atoms with Crippen molar-refractivity contribution in [2.45, 2.75) is 51.0 Å². The lowest BCUT2D eigenvalue weighted by molar-refractivity contribution is -0.144. The maximum atomic E-state index is 12.7. The van der Waals surface area contributed by atoms with Crippen LogP contribution in [0.15, 0.2) is 24.3 Å². The molecular weight excluding hydrogens is 366 g/mol. The van der Waals surface area contributed by atoms with Crippen molar-refractivity contribution in [1.82, 2.24) is 14.7 Å². The van der Waals surface area contributed by atoms with Crippen molar-refractivity contribution in [3.05, 3.63) is 29.8 Å². The Bertz CT molecular complexity index is 740. The van der Waals surface area contributed by atoms with Crippen molar-refractivity contribution in [2.75, 3.05) is 39.8 Å². The molecule has 1 aromatic carbocycles. The molecule has 0 aromatic heterocycles. The predicted octanol–water partition coefficient (Wildman–Crippen LogP) is 2.26. The molecule has 29 heavy (non-hydrogen) atoms. The van der Waals surface area contributed by atoms with E-state index < -0.39 is 0 Å². The zero-order chi connectivity index (χ0) is 20.4. The summed E-state index contributed by atoms with van der Waals surface area (Å²) in [5, 5.41) is 9.37. The second-order valence-corrected chi connectivity index (χ2v) is 9.27. The Morgan fingerprint density at radius 2 is 1.86 bits per heavy atom. The van der Waals surface area contributed by atoms with Crippen molar-refractivity contribution in [3.8, 4) is 5.75 Å². The van der Waals surface area contributed by atoms with Crippen molar-refractivity contribution < 1.29 is 14.7 Å². The van der Waals surface area contributed by atoms with E-state index in [4.69, 9.17) is 0 Å². The number of hydrogen-bond acceptors (Lipinski definition) is 4. The molecule has 0 bridgehead atoms. The molecule has 6 heteroatoms. The van der Waals surface area contributed by atoms with Crippen molar-refractivity contribution in [2.24, 2.45) is 5.41 Å². The number of piperidine rings is 2. The van der Waals surface area contributed by atoms with Gasteiger partial charge in [0.05, 0.1) is 0 Å². The zero-order valence-electron chi connectivity index (χ0n) is 17.5. The molecule has 3 saturated heterocycles. The van der Waals surface area contributed by atoms with Gasteiger partial charge in [0.15, 0.2) is 0 Å². The number of likely N-dealkylation sites (N-methyl/N-ethyl adjacent to an activating group) is 1. The Kier molecular flexibility index (Phi) is 5.81. The third-order valence-electron chi connectivity index (χ3n) is 7.24. The number of carbonyl (C=O) groups excluding carboxylic acids is 2. The lowest BCUT2D eigenvalue weighted by Crippen LogP contribution is -2.55. The lowest BCUT2D eigenvalue weighted by atomic mass is 9.72. The van der Waals surface area contributed by atoms with E-state index in [0.29, 0.717) is 31.2 Å². The van der Waals surface area contributed by atoms with Crippen LogP contribution in [0.5, 0.6) is 5.75 Å². The summed E-state index contributed by atoms with van der Waals surface area (Å²) in [5.74, 6) is 0.795. The van der Waals surface area contributed by atoms with Crippen molar-refractivity contribution in [1.29, 1.82) is 0 Å². The van der Waals surface area contributed by atoms with E-state index >= 15 is 0 Å². The Labute approximate surface area is 173 Å². The number of rotatable bonds is 4. The molecule has 3 aliphatic rings. The summed E-state index contributed by atoms with van der Waals surface area (Å²) in [6.45, 7) is 4.55. The van der Waals surface area contributed by atoms with Crippen LogP contribution in [0, 0.1) is 5.41 Å². The average molecular weight is 400 g/mol. The molecule has 3 heterocycles. The first kappa shape index (κ1) is 20.2. The second-order valence-electron chi connectivity index (χ2n) is 9.27. The van der Waals surface area contributed by atoms with Gasteiger partial charge in [-0.2, -0.15) is 0 Å². The number of hydrogen-bond donors (Lipinski definition) is 1. The van der Waals surface area contributed by atoms with Gasteiger partial charge in [-0.05, 0) is 68.8 Å². The SMILES string of the molecule is CN1CC[C@H](N2CC3(CCC2=O)CCN(C(=O)CCc2ccc(O)cc2)CC3)C1.